The first-order valence-electron chi connectivity index (χ1n) is 17.5. The monoisotopic (exact) mass is 720 g/mol. The fourth-order valence-electron chi connectivity index (χ4n) is 5.85. The zero-order chi connectivity index (χ0) is 37.5. The van der Waals surface area contributed by atoms with E-state index in [0.29, 0.717) is 49.2 Å². The van der Waals surface area contributed by atoms with Crippen molar-refractivity contribution >= 4 is 42.6 Å². The fraction of sp³-hybridized carbons (Fsp3) is 0.293. The number of H-pyrrole nitrogens is 1. The maximum atomic E-state index is 12.8. The molecule has 272 valence electrons. The Morgan fingerprint density at radius 3 is 2.29 bits per heavy atom. The summed E-state index contributed by atoms with van der Waals surface area (Å²) in [4.78, 5) is 39.0. The molecule has 0 radical (unpaired) electrons. The number of phenols is 1. The Hall–Kier alpha value is -5.23. The van der Waals surface area contributed by atoms with Crippen LogP contribution in [0.3, 0.4) is 0 Å². The second kappa shape index (κ2) is 16.4. The van der Waals surface area contributed by atoms with Crippen LogP contribution in [0.4, 0.5) is 16.2 Å². The standard InChI is InChI=1S/C41H48N4O6Si/c1-41(2,3)52(4,5)51-36(32-20-22-35(46)39-33(32)21-23-38(48)45-39)26-42-25-28-14-17-30(18-15-28)43-37(47)13-9-10-27-16-19-31(29-11-7-6-8-12-29)34(24-27)44-40(49)50/h6-8,11-12,14-24,36,42,44,46H,9-10,13,25-26H2,1-5H3,(H,43,47)(H,45,48)(H,49,50). The largest absolute Gasteiger partial charge is 0.506 e. The van der Waals surface area contributed by atoms with Crippen LogP contribution in [-0.2, 0) is 22.2 Å². The van der Waals surface area contributed by atoms with E-state index in [0.717, 1.165) is 33.2 Å². The number of hydrogen-bond donors (Lipinski definition) is 6. The molecular formula is C41H48N4O6Si. The van der Waals surface area contributed by atoms with Gasteiger partial charge in [-0.25, -0.2) is 4.79 Å². The van der Waals surface area contributed by atoms with E-state index in [4.69, 9.17) is 4.43 Å². The highest BCUT2D eigenvalue weighted by molar-refractivity contribution is 6.74. The van der Waals surface area contributed by atoms with E-state index < -0.39 is 14.4 Å². The minimum atomic E-state index is -2.21. The summed E-state index contributed by atoms with van der Waals surface area (Å²) in [5.74, 6) is -0.0793. The van der Waals surface area contributed by atoms with Crippen LogP contribution in [0.25, 0.3) is 22.0 Å². The number of aromatic nitrogens is 1. The van der Waals surface area contributed by atoms with Crippen LogP contribution in [0, 0.1) is 0 Å². The van der Waals surface area contributed by atoms with E-state index in [1.807, 2.05) is 78.9 Å². The highest BCUT2D eigenvalue weighted by atomic mass is 28.4. The first-order valence-corrected chi connectivity index (χ1v) is 20.4. The number of pyridine rings is 1. The van der Waals surface area contributed by atoms with Gasteiger partial charge in [0.1, 0.15) is 5.75 Å². The highest BCUT2D eigenvalue weighted by Crippen LogP contribution is 2.41. The van der Waals surface area contributed by atoms with Gasteiger partial charge in [-0.1, -0.05) is 81.4 Å². The number of nitrogens with one attached hydrogen (secondary N) is 4. The number of amides is 2. The summed E-state index contributed by atoms with van der Waals surface area (Å²) >= 11 is 0. The SMILES string of the molecule is CC(C)(C)[Si](C)(C)OC(CNCc1ccc(NC(=O)CCCc2ccc(-c3ccccc3)c(NC(=O)O)c2)cc1)c1ccc(O)c2[nH]c(=O)ccc12. The molecule has 0 saturated heterocycles. The number of benzene rings is 4. The second-order valence-corrected chi connectivity index (χ2v) is 19.3. The zero-order valence-electron chi connectivity index (χ0n) is 30.4. The maximum Gasteiger partial charge on any atom is 0.409 e. The molecule has 1 atom stereocenters. The van der Waals surface area contributed by atoms with E-state index >= 15 is 0 Å². The molecule has 1 heterocycles. The number of carboxylic acid groups (broad SMARTS) is 1. The van der Waals surface area contributed by atoms with Gasteiger partial charge in [0.05, 0.1) is 17.3 Å². The Morgan fingerprint density at radius 2 is 1.60 bits per heavy atom. The van der Waals surface area contributed by atoms with E-state index in [9.17, 15) is 24.6 Å². The van der Waals surface area contributed by atoms with E-state index in [2.05, 4.69) is 54.8 Å². The summed E-state index contributed by atoms with van der Waals surface area (Å²) < 4.78 is 6.90. The van der Waals surface area contributed by atoms with E-state index in [1.54, 1.807) is 12.1 Å². The number of aryl methyl sites for hydroxylation is 1. The van der Waals surface area contributed by atoms with Crippen molar-refractivity contribution in [2.45, 2.75) is 70.8 Å². The lowest BCUT2D eigenvalue weighted by Gasteiger charge is -2.39. The van der Waals surface area contributed by atoms with Gasteiger partial charge in [0.15, 0.2) is 8.32 Å². The molecule has 2 amide bonds. The number of anilines is 2. The number of hydrogen-bond acceptors (Lipinski definition) is 6. The molecule has 0 aliphatic rings. The number of carbonyl (C=O) groups is 2. The number of rotatable bonds is 14. The molecule has 1 unspecified atom stereocenters. The van der Waals surface area contributed by atoms with Crippen LogP contribution >= 0.6 is 0 Å². The molecule has 0 fully saturated rings. The van der Waals surface area contributed by atoms with Gasteiger partial charge >= 0.3 is 6.09 Å². The fourth-order valence-corrected chi connectivity index (χ4v) is 7.13. The van der Waals surface area contributed by atoms with Crippen molar-refractivity contribution in [2.75, 3.05) is 17.2 Å². The van der Waals surface area contributed by atoms with Crippen molar-refractivity contribution < 1.29 is 24.2 Å². The summed E-state index contributed by atoms with van der Waals surface area (Å²) in [6, 6.07) is 29.7. The lowest BCUT2D eigenvalue weighted by atomic mass is 9.99. The van der Waals surface area contributed by atoms with Crippen molar-refractivity contribution in [2.24, 2.45) is 0 Å². The number of aromatic amines is 1. The van der Waals surface area contributed by atoms with Crippen molar-refractivity contribution in [3.05, 3.63) is 124 Å². The molecule has 4 aromatic carbocycles. The molecule has 5 rings (SSSR count). The first kappa shape index (κ1) is 38.0. The third-order valence-electron chi connectivity index (χ3n) is 9.67. The average molecular weight is 721 g/mol. The molecule has 10 nitrogen and oxygen atoms in total. The van der Waals surface area contributed by atoms with Crippen molar-refractivity contribution in [3.8, 4) is 16.9 Å². The number of aromatic hydroxyl groups is 1. The lowest BCUT2D eigenvalue weighted by molar-refractivity contribution is -0.116. The van der Waals surface area contributed by atoms with Gasteiger partial charge in [-0.2, -0.15) is 0 Å². The predicted molar refractivity (Wildman–Crippen MR) is 210 cm³/mol. The Bertz CT molecular complexity index is 2070. The van der Waals surface area contributed by atoms with Crippen molar-refractivity contribution in [1.29, 1.82) is 0 Å². The topological polar surface area (TPSA) is 153 Å². The van der Waals surface area contributed by atoms with Gasteiger partial charge in [0.2, 0.25) is 11.5 Å². The normalized spacial score (nSPS) is 12.4. The first-order chi connectivity index (χ1) is 24.7. The van der Waals surface area contributed by atoms with Crippen LogP contribution in [0.15, 0.2) is 102 Å². The lowest BCUT2D eigenvalue weighted by Crippen LogP contribution is -2.43. The molecule has 0 aliphatic carbocycles. The summed E-state index contributed by atoms with van der Waals surface area (Å²) in [7, 11) is -2.21. The molecule has 0 aliphatic heterocycles. The Morgan fingerprint density at radius 1 is 0.885 bits per heavy atom. The highest BCUT2D eigenvalue weighted by Gasteiger charge is 2.39. The van der Waals surface area contributed by atoms with Crippen LogP contribution in [0.1, 0.15) is 56.4 Å². The molecule has 6 N–H and O–H groups in total. The van der Waals surface area contributed by atoms with E-state index in [-0.39, 0.29) is 28.4 Å². The predicted octanol–water partition coefficient (Wildman–Crippen LogP) is 8.80. The summed E-state index contributed by atoms with van der Waals surface area (Å²) in [5, 5.41) is 29.6. The second-order valence-electron chi connectivity index (χ2n) is 14.6. The Kier molecular flexibility index (Phi) is 12.0. The van der Waals surface area contributed by atoms with Crippen LogP contribution < -0.4 is 21.5 Å². The van der Waals surface area contributed by atoms with Gasteiger partial charge in [-0.15, -0.1) is 0 Å². The number of fused-ring (bicyclic) bond motifs is 1. The van der Waals surface area contributed by atoms with Gasteiger partial charge in [0.25, 0.3) is 0 Å². The number of carbonyl (C=O) groups excluding carboxylic acids is 1. The van der Waals surface area contributed by atoms with Crippen molar-refractivity contribution in [1.82, 2.24) is 10.3 Å². The minimum Gasteiger partial charge on any atom is -0.506 e. The average Bonchev–Trinajstić information content (AvgIpc) is 3.09. The molecule has 52 heavy (non-hydrogen) atoms. The van der Waals surface area contributed by atoms with Crippen molar-refractivity contribution in [3.63, 3.8) is 0 Å². The number of phenolic OH excluding ortho intramolecular Hbond substituents is 1. The Labute approximate surface area is 305 Å². The molecule has 0 bridgehead atoms. The minimum absolute atomic E-state index is 0.0145. The smallest absolute Gasteiger partial charge is 0.409 e. The molecule has 11 heteroatoms. The van der Waals surface area contributed by atoms with Gasteiger partial charge in [-0.05, 0) is 83.6 Å². The molecule has 1 aromatic heterocycles. The van der Waals surface area contributed by atoms with Crippen LogP contribution in [0.5, 0.6) is 5.75 Å². The molecule has 0 saturated carbocycles. The van der Waals surface area contributed by atoms with Gasteiger partial charge < -0.3 is 30.3 Å². The van der Waals surface area contributed by atoms with Gasteiger partial charge in [0, 0.05) is 42.2 Å². The third kappa shape index (κ3) is 9.75. The molecule has 5 aromatic rings. The van der Waals surface area contributed by atoms with Gasteiger partial charge in [-0.3, -0.25) is 14.9 Å². The maximum absolute atomic E-state index is 12.8. The quantitative estimate of drug-likeness (QED) is 0.0627. The van der Waals surface area contributed by atoms with Crippen LogP contribution in [-0.4, -0.2) is 42.1 Å². The molecular weight excluding hydrogens is 673 g/mol. The van der Waals surface area contributed by atoms with Crippen LogP contribution in [0.2, 0.25) is 18.1 Å². The summed E-state index contributed by atoms with van der Waals surface area (Å²) in [6.07, 6.45) is 0.101. The summed E-state index contributed by atoms with van der Waals surface area (Å²) in [6.45, 7) is 12.1. The summed E-state index contributed by atoms with van der Waals surface area (Å²) in [5.41, 5.74) is 5.92. The van der Waals surface area contributed by atoms with E-state index in [1.165, 1.54) is 6.07 Å². The molecule has 0 spiro atoms. The third-order valence-corrected chi connectivity index (χ3v) is 14.2. The Balaban J connectivity index is 1.17. The zero-order valence-corrected chi connectivity index (χ0v) is 31.4.